The van der Waals surface area contributed by atoms with Crippen LogP contribution in [-0.4, -0.2) is 42.5 Å². The number of carbonyl (C=O) groups excluding carboxylic acids is 1. The molecule has 2 fully saturated rings. The van der Waals surface area contributed by atoms with E-state index in [9.17, 15) is 4.79 Å². The number of hydrogen-bond donors (Lipinski definition) is 0. The van der Waals surface area contributed by atoms with Gasteiger partial charge in [-0.1, -0.05) is 0 Å². The summed E-state index contributed by atoms with van der Waals surface area (Å²) in [5.74, 6) is 1.14. The Balaban J connectivity index is 1.88. The van der Waals surface area contributed by atoms with Crippen LogP contribution in [0.25, 0.3) is 0 Å². The van der Waals surface area contributed by atoms with Crippen LogP contribution >= 0.6 is 11.6 Å². The molecule has 3 nitrogen and oxygen atoms in total. The van der Waals surface area contributed by atoms with Crippen molar-refractivity contribution < 1.29 is 9.53 Å². The van der Waals surface area contributed by atoms with Crippen molar-refractivity contribution in [2.75, 3.05) is 25.6 Å². The Morgan fingerprint density at radius 3 is 3.00 bits per heavy atom. The summed E-state index contributed by atoms with van der Waals surface area (Å²) < 4.78 is 5.29. The molecule has 2 saturated heterocycles. The second-order valence-corrected chi connectivity index (χ2v) is 5.10. The summed E-state index contributed by atoms with van der Waals surface area (Å²) in [6.07, 6.45) is 5.26. The smallest absolute Gasteiger partial charge is 0.228 e. The average Bonchev–Trinajstić information content (AvgIpc) is 2.96. The number of ether oxygens (including phenoxy) is 1. The third-order valence-corrected chi connectivity index (χ3v) is 3.88. The van der Waals surface area contributed by atoms with Crippen LogP contribution < -0.4 is 0 Å². The SMILES string of the molecule is O=C(C1CCOC1)N1CCCC1CCCCl. The summed E-state index contributed by atoms with van der Waals surface area (Å²) in [6.45, 7) is 2.30. The lowest BCUT2D eigenvalue weighted by Crippen LogP contribution is -2.39. The molecule has 0 bridgehead atoms. The molecule has 0 saturated carbocycles. The van der Waals surface area contributed by atoms with Crippen molar-refractivity contribution in [3.05, 3.63) is 0 Å². The van der Waals surface area contributed by atoms with Gasteiger partial charge in [0, 0.05) is 25.1 Å². The van der Waals surface area contributed by atoms with Crippen LogP contribution in [0.4, 0.5) is 0 Å². The summed E-state index contributed by atoms with van der Waals surface area (Å²) in [7, 11) is 0. The Morgan fingerprint density at radius 1 is 1.44 bits per heavy atom. The zero-order valence-electron chi connectivity index (χ0n) is 9.66. The first-order chi connectivity index (χ1) is 7.83. The number of carbonyl (C=O) groups is 1. The second kappa shape index (κ2) is 5.87. The van der Waals surface area contributed by atoms with Gasteiger partial charge >= 0.3 is 0 Å². The summed E-state index contributed by atoms with van der Waals surface area (Å²) in [6, 6.07) is 0.437. The highest BCUT2D eigenvalue weighted by molar-refractivity contribution is 6.17. The Hall–Kier alpha value is -0.280. The summed E-state index contributed by atoms with van der Waals surface area (Å²) in [5.41, 5.74) is 0. The summed E-state index contributed by atoms with van der Waals surface area (Å²) in [5, 5.41) is 0. The minimum Gasteiger partial charge on any atom is -0.381 e. The number of rotatable bonds is 4. The van der Waals surface area contributed by atoms with E-state index in [0.717, 1.165) is 45.3 Å². The first kappa shape index (κ1) is 12.2. The van der Waals surface area contributed by atoms with E-state index in [4.69, 9.17) is 16.3 Å². The molecule has 0 aromatic carbocycles. The first-order valence-electron chi connectivity index (χ1n) is 6.27. The van der Waals surface area contributed by atoms with Gasteiger partial charge in [0.25, 0.3) is 0 Å². The van der Waals surface area contributed by atoms with E-state index in [1.54, 1.807) is 0 Å². The minimum absolute atomic E-state index is 0.122. The normalized spacial score (nSPS) is 29.9. The largest absolute Gasteiger partial charge is 0.381 e. The van der Waals surface area contributed by atoms with Crippen LogP contribution in [0.5, 0.6) is 0 Å². The maximum absolute atomic E-state index is 12.2. The number of amides is 1. The molecular formula is C12H20ClNO2. The lowest BCUT2D eigenvalue weighted by atomic mass is 10.1. The monoisotopic (exact) mass is 245 g/mol. The maximum atomic E-state index is 12.2. The van der Waals surface area contributed by atoms with Gasteiger partial charge in [0.1, 0.15) is 0 Å². The minimum atomic E-state index is 0.122. The molecule has 92 valence electrons. The van der Waals surface area contributed by atoms with Crippen molar-refractivity contribution in [1.29, 1.82) is 0 Å². The van der Waals surface area contributed by atoms with Gasteiger partial charge < -0.3 is 9.64 Å². The van der Waals surface area contributed by atoms with Crippen molar-refractivity contribution in [3.63, 3.8) is 0 Å². The van der Waals surface area contributed by atoms with E-state index < -0.39 is 0 Å². The van der Waals surface area contributed by atoms with Crippen LogP contribution in [0.1, 0.15) is 32.1 Å². The zero-order valence-corrected chi connectivity index (χ0v) is 10.4. The Labute approximate surface area is 102 Å². The second-order valence-electron chi connectivity index (χ2n) is 4.72. The third-order valence-electron chi connectivity index (χ3n) is 3.61. The van der Waals surface area contributed by atoms with Gasteiger partial charge in [-0.2, -0.15) is 0 Å². The van der Waals surface area contributed by atoms with E-state index in [-0.39, 0.29) is 5.92 Å². The first-order valence-corrected chi connectivity index (χ1v) is 6.80. The molecule has 0 aromatic heterocycles. The van der Waals surface area contributed by atoms with Gasteiger partial charge in [-0.25, -0.2) is 0 Å². The average molecular weight is 246 g/mol. The molecule has 4 heteroatoms. The predicted molar refractivity (Wildman–Crippen MR) is 63.6 cm³/mol. The summed E-state index contributed by atoms with van der Waals surface area (Å²) in [4.78, 5) is 14.3. The fraction of sp³-hybridized carbons (Fsp3) is 0.917. The lowest BCUT2D eigenvalue weighted by Gasteiger charge is -2.26. The van der Waals surface area contributed by atoms with E-state index in [1.807, 2.05) is 0 Å². The molecule has 0 aliphatic carbocycles. The molecule has 2 unspecified atom stereocenters. The molecule has 0 N–H and O–H groups in total. The van der Waals surface area contributed by atoms with E-state index >= 15 is 0 Å². The molecule has 16 heavy (non-hydrogen) atoms. The molecule has 2 aliphatic heterocycles. The molecule has 2 heterocycles. The molecule has 0 spiro atoms. The zero-order chi connectivity index (χ0) is 11.4. The fourth-order valence-electron chi connectivity index (χ4n) is 2.70. The standard InChI is InChI=1S/C12H20ClNO2/c13-6-1-3-11-4-2-7-14(11)12(15)10-5-8-16-9-10/h10-11H,1-9H2. The molecule has 2 aliphatic rings. The highest BCUT2D eigenvalue weighted by Gasteiger charge is 2.34. The van der Waals surface area contributed by atoms with Crippen molar-refractivity contribution >= 4 is 17.5 Å². The fourth-order valence-corrected chi connectivity index (χ4v) is 2.86. The quantitative estimate of drug-likeness (QED) is 0.710. The third kappa shape index (κ3) is 2.69. The maximum Gasteiger partial charge on any atom is 0.228 e. The molecule has 1 amide bonds. The van der Waals surface area contributed by atoms with Gasteiger partial charge in [0.15, 0.2) is 0 Å². The van der Waals surface area contributed by atoms with Crippen LogP contribution in [0.3, 0.4) is 0 Å². The Kier molecular flexibility index (Phi) is 4.47. The number of nitrogens with zero attached hydrogens (tertiary/aromatic N) is 1. The number of hydrogen-bond acceptors (Lipinski definition) is 2. The van der Waals surface area contributed by atoms with Crippen LogP contribution in [0, 0.1) is 5.92 Å². The Morgan fingerprint density at radius 2 is 2.31 bits per heavy atom. The lowest BCUT2D eigenvalue weighted by molar-refractivity contribution is -0.136. The van der Waals surface area contributed by atoms with Crippen LogP contribution in [0.15, 0.2) is 0 Å². The van der Waals surface area contributed by atoms with Crippen LogP contribution in [0.2, 0.25) is 0 Å². The molecule has 0 radical (unpaired) electrons. The highest BCUT2D eigenvalue weighted by Crippen LogP contribution is 2.26. The molecular weight excluding hydrogens is 226 g/mol. The molecule has 2 atom stereocenters. The van der Waals surface area contributed by atoms with Crippen LogP contribution in [-0.2, 0) is 9.53 Å². The Bertz CT molecular complexity index is 241. The number of likely N-dealkylation sites (tertiary alicyclic amines) is 1. The summed E-state index contributed by atoms with van der Waals surface area (Å²) >= 11 is 5.71. The van der Waals surface area contributed by atoms with Crippen molar-refractivity contribution in [2.24, 2.45) is 5.92 Å². The number of halogens is 1. The van der Waals surface area contributed by atoms with Crippen molar-refractivity contribution in [1.82, 2.24) is 4.90 Å². The van der Waals surface area contributed by atoms with Crippen molar-refractivity contribution in [2.45, 2.75) is 38.1 Å². The molecule has 0 aromatic rings. The van der Waals surface area contributed by atoms with Gasteiger partial charge in [0.2, 0.25) is 5.91 Å². The highest BCUT2D eigenvalue weighted by atomic mass is 35.5. The van der Waals surface area contributed by atoms with Crippen molar-refractivity contribution in [3.8, 4) is 0 Å². The van der Waals surface area contributed by atoms with Gasteiger partial charge in [-0.05, 0) is 32.1 Å². The molecule has 2 rings (SSSR count). The van der Waals surface area contributed by atoms with E-state index in [1.165, 1.54) is 0 Å². The number of alkyl halides is 1. The van der Waals surface area contributed by atoms with Gasteiger partial charge in [-0.15, -0.1) is 11.6 Å². The van der Waals surface area contributed by atoms with E-state index in [0.29, 0.717) is 24.4 Å². The van der Waals surface area contributed by atoms with E-state index in [2.05, 4.69) is 4.90 Å². The van der Waals surface area contributed by atoms with Gasteiger partial charge in [0.05, 0.1) is 12.5 Å². The topological polar surface area (TPSA) is 29.5 Å². The predicted octanol–water partition coefficient (Wildman–Crippen LogP) is 2.03. The van der Waals surface area contributed by atoms with Gasteiger partial charge in [-0.3, -0.25) is 4.79 Å².